The highest BCUT2D eigenvalue weighted by Gasteiger charge is 2.34. The topological polar surface area (TPSA) is 12.0 Å². The van der Waals surface area contributed by atoms with Crippen LogP contribution in [0.5, 0.6) is 0 Å². The molecule has 1 nitrogen and oxygen atoms in total. The Morgan fingerprint density at radius 2 is 1.90 bits per heavy atom. The molecule has 1 fully saturated rings. The van der Waals surface area contributed by atoms with E-state index in [0.29, 0.717) is 6.04 Å². The average molecular weight is 289 g/mol. The molecule has 0 bridgehead atoms. The van der Waals surface area contributed by atoms with Gasteiger partial charge in [-0.25, -0.2) is 0 Å². The Hall–Kier alpha value is -0.470. The van der Waals surface area contributed by atoms with Crippen molar-refractivity contribution in [3.8, 4) is 0 Å². The van der Waals surface area contributed by atoms with Gasteiger partial charge in [0.25, 0.3) is 0 Å². The van der Waals surface area contributed by atoms with Crippen LogP contribution in [0.1, 0.15) is 56.9 Å². The van der Waals surface area contributed by atoms with E-state index in [1.807, 2.05) is 0 Å². The molecular formula is C18H27NS. The maximum absolute atomic E-state index is 3.85. The maximum Gasteiger partial charge on any atom is 0.0172 e. The van der Waals surface area contributed by atoms with Gasteiger partial charge in [-0.3, -0.25) is 0 Å². The van der Waals surface area contributed by atoms with Crippen molar-refractivity contribution in [2.24, 2.45) is 5.92 Å². The largest absolute Gasteiger partial charge is 0.313 e. The predicted octanol–water partition coefficient (Wildman–Crippen LogP) is 4.82. The first kappa shape index (κ1) is 14.5. The predicted molar refractivity (Wildman–Crippen MR) is 88.6 cm³/mol. The number of nitrogens with one attached hydrogen (secondary N) is 1. The molecular weight excluding hydrogens is 262 g/mol. The molecule has 0 aromatic heterocycles. The molecule has 1 aromatic carbocycles. The quantitative estimate of drug-likeness (QED) is 0.797. The highest BCUT2D eigenvalue weighted by Crippen LogP contribution is 2.44. The summed E-state index contributed by atoms with van der Waals surface area (Å²) >= 11 is 2.06. The van der Waals surface area contributed by atoms with Crippen LogP contribution in [0, 0.1) is 5.92 Å². The summed E-state index contributed by atoms with van der Waals surface area (Å²) in [6, 6.07) is 9.75. The minimum atomic E-state index is 0.689. The second-order valence-corrected chi connectivity index (χ2v) is 7.35. The molecule has 0 saturated heterocycles. The molecule has 3 rings (SSSR count). The first-order chi connectivity index (χ1) is 9.90. The molecule has 1 aliphatic heterocycles. The van der Waals surface area contributed by atoms with Crippen molar-refractivity contribution in [2.75, 3.05) is 12.3 Å². The fourth-order valence-electron chi connectivity index (χ4n) is 4.03. The summed E-state index contributed by atoms with van der Waals surface area (Å²) in [5, 5.41) is 3.85. The Morgan fingerprint density at radius 1 is 1.15 bits per heavy atom. The second-order valence-electron chi connectivity index (χ2n) is 6.29. The van der Waals surface area contributed by atoms with Crippen molar-refractivity contribution < 1.29 is 0 Å². The molecule has 2 heteroatoms. The van der Waals surface area contributed by atoms with Crippen LogP contribution in [0.3, 0.4) is 0 Å². The lowest BCUT2D eigenvalue weighted by Crippen LogP contribution is -2.41. The second kappa shape index (κ2) is 7.00. The minimum Gasteiger partial charge on any atom is -0.313 e. The van der Waals surface area contributed by atoms with Gasteiger partial charge in [0, 0.05) is 22.6 Å². The molecule has 2 aliphatic rings. The van der Waals surface area contributed by atoms with Crippen molar-refractivity contribution in [3.63, 3.8) is 0 Å². The Labute approximate surface area is 127 Å². The molecule has 0 amide bonds. The van der Waals surface area contributed by atoms with Gasteiger partial charge in [-0.2, -0.15) is 0 Å². The van der Waals surface area contributed by atoms with Crippen LogP contribution in [0.15, 0.2) is 29.2 Å². The van der Waals surface area contributed by atoms with Crippen LogP contribution in [-0.2, 0) is 0 Å². The normalized spacial score (nSPS) is 25.1. The summed E-state index contributed by atoms with van der Waals surface area (Å²) in [6.45, 7) is 3.36. The van der Waals surface area contributed by atoms with E-state index < -0.39 is 0 Å². The van der Waals surface area contributed by atoms with Crippen LogP contribution in [0.25, 0.3) is 0 Å². The maximum atomic E-state index is 3.85. The zero-order valence-electron chi connectivity index (χ0n) is 12.6. The highest BCUT2D eigenvalue weighted by atomic mass is 32.2. The summed E-state index contributed by atoms with van der Waals surface area (Å²) < 4.78 is 0. The summed E-state index contributed by atoms with van der Waals surface area (Å²) in [5.74, 6) is 2.88. The lowest BCUT2D eigenvalue weighted by molar-refractivity contribution is 0.293. The summed E-state index contributed by atoms with van der Waals surface area (Å²) in [7, 11) is 0. The van der Waals surface area contributed by atoms with Crippen LogP contribution >= 0.6 is 11.8 Å². The number of thioether (sulfide) groups is 1. The Kier molecular flexibility index (Phi) is 5.06. The minimum absolute atomic E-state index is 0.689. The first-order valence-corrected chi connectivity index (χ1v) is 9.34. The molecule has 0 spiro atoms. The number of benzene rings is 1. The van der Waals surface area contributed by atoms with E-state index in [1.54, 1.807) is 5.56 Å². The van der Waals surface area contributed by atoms with Gasteiger partial charge in [-0.05, 0) is 36.9 Å². The van der Waals surface area contributed by atoms with Crippen LogP contribution in [-0.4, -0.2) is 18.3 Å². The van der Waals surface area contributed by atoms with E-state index in [2.05, 4.69) is 48.3 Å². The molecule has 20 heavy (non-hydrogen) atoms. The van der Waals surface area contributed by atoms with E-state index in [1.165, 1.54) is 49.2 Å². The molecule has 110 valence electrons. The molecule has 1 heterocycles. The van der Waals surface area contributed by atoms with Gasteiger partial charge in [0.15, 0.2) is 0 Å². The first-order valence-electron chi connectivity index (χ1n) is 8.35. The number of hydrogen-bond acceptors (Lipinski definition) is 2. The molecule has 2 atom stereocenters. The summed E-state index contributed by atoms with van der Waals surface area (Å²) in [4.78, 5) is 1.52. The smallest absolute Gasteiger partial charge is 0.0172 e. The van der Waals surface area contributed by atoms with Crippen molar-refractivity contribution in [1.29, 1.82) is 0 Å². The molecule has 1 saturated carbocycles. The molecule has 1 aliphatic carbocycles. The summed E-state index contributed by atoms with van der Waals surface area (Å²) in [5.41, 5.74) is 1.60. The third-order valence-corrected chi connectivity index (χ3v) is 6.23. The SMILES string of the molecule is CCNC(C1CCCCCC1)C1CSc2ccccc21. The Balaban J connectivity index is 1.80. The van der Waals surface area contributed by atoms with Crippen LogP contribution in [0.4, 0.5) is 0 Å². The monoisotopic (exact) mass is 289 g/mol. The van der Waals surface area contributed by atoms with E-state index in [9.17, 15) is 0 Å². The van der Waals surface area contributed by atoms with E-state index in [0.717, 1.165) is 18.4 Å². The van der Waals surface area contributed by atoms with E-state index >= 15 is 0 Å². The van der Waals surface area contributed by atoms with Gasteiger partial charge >= 0.3 is 0 Å². The fourth-order valence-corrected chi connectivity index (χ4v) is 5.33. The van der Waals surface area contributed by atoms with Gasteiger partial charge in [-0.1, -0.05) is 50.8 Å². The van der Waals surface area contributed by atoms with E-state index in [-0.39, 0.29) is 0 Å². The average Bonchev–Trinajstić information content (AvgIpc) is 2.71. The zero-order valence-corrected chi connectivity index (χ0v) is 13.4. The lowest BCUT2D eigenvalue weighted by Gasteiger charge is -2.32. The van der Waals surface area contributed by atoms with Gasteiger partial charge in [-0.15, -0.1) is 11.8 Å². The van der Waals surface area contributed by atoms with Crippen molar-refractivity contribution >= 4 is 11.8 Å². The standard InChI is InChI=1S/C18H27NS/c1-2-19-18(14-9-5-3-4-6-10-14)16-13-20-17-12-8-7-11-15(16)17/h7-8,11-12,14,16,18-19H,2-6,9-10,13H2,1H3. The Morgan fingerprint density at radius 3 is 2.65 bits per heavy atom. The van der Waals surface area contributed by atoms with Crippen molar-refractivity contribution in [3.05, 3.63) is 29.8 Å². The highest BCUT2D eigenvalue weighted by molar-refractivity contribution is 7.99. The van der Waals surface area contributed by atoms with Crippen LogP contribution < -0.4 is 5.32 Å². The third kappa shape index (κ3) is 3.07. The van der Waals surface area contributed by atoms with Gasteiger partial charge in [0.1, 0.15) is 0 Å². The lowest BCUT2D eigenvalue weighted by atomic mass is 9.81. The van der Waals surface area contributed by atoms with Crippen LogP contribution in [0.2, 0.25) is 0 Å². The number of fused-ring (bicyclic) bond motifs is 1. The van der Waals surface area contributed by atoms with Gasteiger partial charge in [0.05, 0.1) is 0 Å². The van der Waals surface area contributed by atoms with Gasteiger partial charge < -0.3 is 5.32 Å². The molecule has 1 N–H and O–H groups in total. The Bertz CT molecular complexity index is 423. The zero-order chi connectivity index (χ0) is 13.8. The molecule has 1 aromatic rings. The third-order valence-electron chi connectivity index (χ3n) is 5.02. The number of rotatable bonds is 4. The molecule has 2 unspecified atom stereocenters. The van der Waals surface area contributed by atoms with Crippen molar-refractivity contribution in [2.45, 2.75) is 62.3 Å². The number of likely N-dealkylation sites (N-methyl/N-ethyl adjacent to an activating group) is 1. The van der Waals surface area contributed by atoms with Gasteiger partial charge in [0.2, 0.25) is 0 Å². The molecule has 0 radical (unpaired) electrons. The number of hydrogen-bond donors (Lipinski definition) is 1. The summed E-state index contributed by atoms with van der Waals surface area (Å²) in [6.07, 6.45) is 8.64. The van der Waals surface area contributed by atoms with Crippen molar-refractivity contribution in [1.82, 2.24) is 5.32 Å². The fraction of sp³-hybridized carbons (Fsp3) is 0.667. The van der Waals surface area contributed by atoms with E-state index in [4.69, 9.17) is 0 Å².